The van der Waals surface area contributed by atoms with Crippen molar-refractivity contribution in [1.29, 1.82) is 0 Å². The van der Waals surface area contributed by atoms with Crippen LogP contribution in [0.4, 0.5) is 0 Å². The molecule has 0 amide bonds. The van der Waals surface area contributed by atoms with Crippen LogP contribution < -0.4 is 0 Å². The van der Waals surface area contributed by atoms with E-state index in [1.807, 2.05) is 0 Å². The van der Waals surface area contributed by atoms with Crippen LogP contribution in [0, 0.1) is 0 Å². The van der Waals surface area contributed by atoms with Gasteiger partial charge in [0.15, 0.2) is 5.78 Å². The van der Waals surface area contributed by atoms with Crippen molar-refractivity contribution in [3.63, 3.8) is 0 Å². The summed E-state index contributed by atoms with van der Waals surface area (Å²) in [5, 5.41) is 0. The van der Waals surface area contributed by atoms with Gasteiger partial charge in [-0.25, -0.2) is 0 Å². The van der Waals surface area contributed by atoms with E-state index in [1.165, 1.54) is 12.4 Å². The van der Waals surface area contributed by atoms with Crippen LogP contribution in [-0.4, -0.2) is 21.5 Å². The molecule has 76 valence electrons. The number of carbonyl (C=O) groups is 2. The molecule has 2 heterocycles. The molecule has 0 spiro atoms. The number of fused-ring (bicyclic) bond motifs is 2. The van der Waals surface area contributed by atoms with E-state index in [4.69, 9.17) is 0 Å². The van der Waals surface area contributed by atoms with E-state index >= 15 is 0 Å². The van der Waals surface area contributed by atoms with Crippen molar-refractivity contribution < 1.29 is 9.59 Å². The molecule has 0 unspecified atom stereocenters. The molecule has 3 rings (SSSR count). The van der Waals surface area contributed by atoms with Crippen LogP contribution >= 0.6 is 0 Å². The summed E-state index contributed by atoms with van der Waals surface area (Å²) in [5.41, 5.74) is 1.10. The molecule has 2 aromatic rings. The Labute approximate surface area is 91.0 Å². The molecule has 2 aromatic heterocycles. The number of pyridine rings is 2. The molecule has 4 heteroatoms. The van der Waals surface area contributed by atoms with Gasteiger partial charge in [-0.15, -0.1) is 0 Å². The first kappa shape index (κ1) is 8.91. The second-order valence-corrected chi connectivity index (χ2v) is 3.46. The van der Waals surface area contributed by atoms with Crippen LogP contribution in [-0.2, 0) is 0 Å². The molecule has 4 nitrogen and oxygen atoms in total. The minimum atomic E-state index is -0.286. The second-order valence-electron chi connectivity index (χ2n) is 3.46. The van der Waals surface area contributed by atoms with Gasteiger partial charge in [-0.2, -0.15) is 0 Å². The first-order valence-corrected chi connectivity index (χ1v) is 4.78. The van der Waals surface area contributed by atoms with Crippen LogP contribution in [0.1, 0.15) is 32.1 Å². The lowest BCUT2D eigenvalue weighted by atomic mass is 9.90. The number of ketones is 2. The number of hydrogen-bond donors (Lipinski definition) is 0. The van der Waals surface area contributed by atoms with E-state index in [-0.39, 0.29) is 23.0 Å². The lowest BCUT2D eigenvalue weighted by molar-refractivity contribution is 0.0971. The van der Waals surface area contributed by atoms with Gasteiger partial charge in [0.2, 0.25) is 5.78 Å². The summed E-state index contributed by atoms with van der Waals surface area (Å²) in [4.78, 5) is 31.9. The highest BCUT2D eigenvalue weighted by molar-refractivity contribution is 6.26. The van der Waals surface area contributed by atoms with Crippen molar-refractivity contribution in [2.75, 3.05) is 0 Å². The Hall–Kier alpha value is -2.36. The van der Waals surface area contributed by atoms with Gasteiger partial charge < -0.3 is 0 Å². The standard InChI is InChI=1S/C12H6N2O2/c15-11-7-3-1-5-13-9(7)12(16)10-8(11)4-2-6-14-10/h1-6H. The van der Waals surface area contributed by atoms with E-state index in [9.17, 15) is 9.59 Å². The maximum absolute atomic E-state index is 12.0. The lowest BCUT2D eigenvalue weighted by Crippen LogP contribution is -2.23. The fraction of sp³-hybridized carbons (Fsp3) is 0. The van der Waals surface area contributed by atoms with Crippen molar-refractivity contribution in [1.82, 2.24) is 9.97 Å². The quantitative estimate of drug-likeness (QED) is 0.560. The average Bonchev–Trinajstić information content (AvgIpc) is 2.36. The second kappa shape index (κ2) is 3.06. The summed E-state index contributed by atoms with van der Waals surface area (Å²) >= 11 is 0. The van der Waals surface area contributed by atoms with Crippen molar-refractivity contribution in [3.05, 3.63) is 59.2 Å². The minimum Gasteiger partial charge on any atom is -0.288 e. The Kier molecular flexibility index (Phi) is 1.71. The van der Waals surface area contributed by atoms with Gasteiger partial charge in [0.25, 0.3) is 0 Å². The highest BCUT2D eigenvalue weighted by Crippen LogP contribution is 2.23. The highest BCUT2D eigenvalue weighted by atomic mass is 16.1. The number of aromatic nitrogens is 2. The van der Waals surface area contributed by atoms with E-state index in [0.29, 0.717) is 11.1 Å². The van der Waals surface area contributed by atoms with Crippen LogP contribution in [0.5, 0.6) is 0 Å². The van der Waals surface area contributed by atoms with E-state index in [1.54, 1.807) is 24.3 Å². The van der Waals surface area contributed by atoms with Crippen molar-refractivity contribution in [2.45, 2.75) is 0 Å². The molecule has 0 saturated carbocycles. The molecule has 0 saturated heterocycles. The van der Waals surface area contributed by atoms with E-state index < -0.39 is 0 Å². The summed E-state index contributed by atoms with van der Waals surface area (Å²) in [6, 6.07) is 6.51. The number of nitrogens with zero attached hydrogens (tertiary/aromatic N) is 2. The van der Waals surface area contributed by atoms with Gasteiger partial charge in [0.1, 0.15) is 11.4 Å². The largest absolute Gasteiger partial charge is 0.288 e. The fourth-order valence-corrected chi connectivity index (χ4v) is 1.80. The first-order chi connectivity index (χ1) is 7.79. The molecular formula is C12H6N2O2. The molecule has 0 N–H and O–H groups in total. The van der Waals surface area contributed by atoms with Gasteiger partial charge in [0.05, 0.1) is 11.1 Å². The topological polar surface area (TPSA) is 59.9 Å². The first-order valence-electron chi connectivity index (χ1n) is 4.78. The molecule has 16 heavy (non-hydrogen) atoms. The Morgan fingerprint density at radius 1 is 0.750 bits per heavy atom. The van der Waals surface area contributed by atoms with Gasteiger partial charge in [-0.3, -0.25) is 19.6 Å². The maximum atomic E-state index is 12.0. The van der Waals surface area contributed by atoms with Crippen LogP contribution in [0.15, 0.2) is 36.7 Å². The Morgan fingerprint density at radius 3 is 1.75 bits per heavy atom. The summed E-state index contributed by atoms with van der Waals surface area (Å²) in [7, 11) is 0. The van der Waals surface area contributed by atoms with Gasteiger partial charge >= 0.3 is 0 Å². The summed E-state index contributed by atoms with van der Waals surface area (Å²) in [6.45, 7) is 0. The zero-order valence-electron chi connectivity index (χ0n) is 8.18. The normalized spacial score (nSPS) is 13.2. The molecule has 0 bridgehead atoms. The van der Waals surface area contributed by atoms with Gasteiger partial charge in [0, 0.05) is 12.4 Å². The number of carbonyl (C=O) groups excluding carboxylic acids is 2. The monoisotopic (exact) mass is 210 g/mol. The van der Waals surface area contributed by atoms with Crippen molar-refractivity contribution >= 4 is 11.6 Å². The van der Waals surface area contributed by atoms with E-state index in [2.05, 4.69) is 9.97 Å². The van der Waals surface area contributed by atoms with Gasteiger partial charge in [-0.05, 0) is 24.3 Å². The maximum Gasteiger partial charge on any atom is 0.231 e. The Morgan fingerprint density at radius 2 is 1.25 bits per heavy atom. The van der Waals surface area contributed by atoms with Crippen LogP contribution in [0.25, 0.3) is 0 Å². The zero-order valence-corrected chi connectivity index (χ0v) is 8.18. The lowest BCUT2D eigenvalue weighted by Gasteiger charge is -2.14. The van der Waals surface area contributed by atoms with Crippen LogP contribution in [0.2, 0.25) is 0 Å². The Balaban J connectivity index is 2.35. The predicted molar refractivity (Wildman–Crippen MR) is 55.3 cm³/mol. The molecule has 0 aliphatic heterocycles. The third-order valence-corrected chi connectivity index (χ3v) is 2.53. The third-order valence-electron chi connectivity index (χ3n) is 2.53. The fourth-order valence-electron chi connectivity index (χ4n) is 1.80. The smallest absolute Gasteiger partial charge is 0.231 e. The van der Waals surface area contributed by atoms with Crippen molar-refractivity contribution in [3.8, 4) is 0 Å². The van der Waals surface area contributed by atoms with E-state index in [0.717, 1.165) is 0 Å². The summed E-state index contributed by atoms with van der Waals surface area (Å²) in [6.07, 6.45) is 3.00. The zero-order chi connectivity index (χ0) is 11.1. The average molecular weight is 210 g/mol. The number of hydrogen-bond acceptors (Lipinski definition) is 4. The van der Waals surface area contributed by atoms with Gasteiger partial charge in [-0.1, -0.05) is 0 Å². The molecule has 1 aliphatic carbocycles. The molecular weight excluding hydrogens is 204 g/mol. The highest BCUT2D eigenvalue weighted by Gasteiger charge is 2.31. The van der Waals surface area contributed by atoms with Crippen LogP contribution in [0.3, 0.4) is 0 Å². The third kappa shape index (κ3) is 1.04. The SMILES string of the molecule is O=C1c2cccnc2C(=O)c2ncccc21. The summed E-state index contributed by atoms with van der Waals surface area (Å²) < 4.78 is 0. The van der Waals surface area contributed by atoms with Crippen molar-refractivity contribution in [2.24, 2.45) is 0 Å². The molecule has 0 aromatic carbocycles. The minimum absolute atomic E-state index is 0.189. The number of rotatable bonds is 0. The molecule has 1 aliphatic rings. The molecule has 0 atom stereocenters. The Bertz CT molecular complexity index is 514. The predicted octanol–water partition coefficient (Wildman–Crippen LogP) is 1.25. The summed E-state index contributed by atoms with van der Waals surface area (Å²) in [5.74, 6) is -0.475. The molecule has 0 fully saturated rings. The molecule has 0 radical (unpaired) electrons.